The van der Waals surface area contributed by atoms with Crippen LogP contribution in [0.4, 0.5) is 0 Å². The highest BCUT2D eigenvalue weighted by Gasteiger charge is 2.37. The molecule has 0 aromatic carbocycles. The summed E-state index contributed by atoms with van der Waals surface area (Å²) in [6, 6.07) is 0. The molecule has 0 rings (SSSR count). The second-order valence-corrected chi connectivity index (χ2v) is 10.2. The van der Waals surface area contributed by atoms with Crippen molar-refractivity contribution in [2.45, 2.75) is 54.8 Å². The molecule has 0 N–H and O–H groups in total. The van der Waals surface area contributed by atoms with Crippen molar-refractivity contribution < 1.29 is 0 Å². The summed E-state index contributed by atoms with van der Waals surface area (Å²) in [7, 11) is 3.46. The summed E-state index contributed by atoms with van der Waals surface area (Å²) in [5, 5.41) is 0.0386. The Morgan fingerprint density at radius 1 is 1.13 bits per heavy atom. The molecule has 0 saturated carbocycles. The van der Waals surface area contributed by atoms with Crippen LogP contribution in [-0.4, -0.2) is 13.8 Å². The molecule has 0 aliphatic heterocycles. The maximum absolute atomic E-state index is 6.00. The summed E-state index contributed by atoms with van der Waals surface area (Å²) in [4.78, 5) is 0. The molecule has 0 radical (unpaired) electrons. The minimum absolute atomic E-state index is 0.0386. The minimum Gasteiger partial charge on any atom is -0.0877 e. The van der Waals surface area contributed by atoms with E-state index in [4.69, 9.17) is 34.8 Å². The van der Waals surface area contributed by atoms with E-state index in [1.54, 1.807) is 21.6 Å². The highest BCUT2D eigenvalue weighted by atomic mass is 35.6. The van der Waals surface area contributed by atoms with Crippen LogP contribution >= 0.6 is 56.4 Å². The van der Waals surface area contributed by atoms with Crippen molar-refractivity contribution in [3.05, 3.63) is 0 Å². The molecule has 5 heteroatoms. The number of halogens is 3. The maximum atomic E-state index is 6.00. The first-order valence-corrected chi connectivity index (χ1v) is 8.34. The highest BCUT2D eigenvalue weighted by molar-refractivity contribution is 8.77. The van der Waals surface area contributed by atoms with Crippen molar-refractivity contribution in [3.63, 3.8) is 0 Å². The quantitative estimate of drug-likeness (QED) is 0.465. The van der Waals surface area contributed by atoms with Crippen molar-refractivity contribution in [2.24, 2.45) is 5.92 Å². The van der Waals surface area contributed by atoms with Gasteiger partial charge in [-0.15, -0.1) is 0 Å². The molecular formula is C10H19Cl3S2. The summed E-state index contributed by atoms with van der Waals surface area (Å²) in [5.74, 6) is 0.400. The molecule has 1 unspecified atom stereocenters. The van der Waals surface area contributed by atoms with E-state index in [0.29, 0.717) is 5.92 Å². The van der Waals surface area contributed by atoms with Gasteiger partial charge in [0.15, 0.2) is 0 Å². The average molecular weight is 310 g/mol. The van der Waals surface area contributed by atoms with Crippen LogP contribution in [0.2, 0.25) is 0 Å². The second kappa shape index (κ2) is 6.49. The Bertz CT molecular complexity index is 184. The summed E-state index contributed by atoms with van der Waals surface area (Å²) < 4.78 is -0.995. The third kappa shape index (κ3) is 7.49. The summed E-state index contributed by atoms with van der Waals surface area (Å²) in [5.41, 5.74) is 0. The molecule has 2 atom stereocenters. The number of alkyl halides is 3. The first-order valence-electron chi connectivity index (χ1n) is 4.99. The van der Waals surface area contributed by atoms with Gasteiger partial charge in [0, 0.05) is 4.75 Å². The van der Waals surface area contributed by atoms with E-state index < -0.39 is 3.79 Å². The van der Waals surface area contributed by atoms with Gasteiger partial charge in [-0.25, -0.2) is 0 Å². The van der Waals surface area contributed by atoms with Crippen LogP contribution in [0.1, 0.15) is 41.0 Å². The molecule has 0 aliphatic rings. The molecule has 0 aliphatic carbocycles. The Balaban J connectivity index is 4.40. The molecular weight excluding hydrogens is 291 g/mol. The molecule has 15 heavy (non-hydrogen) atoms. The lowest BCUT2D eigenvalue weighted by Crippen LogP contribution is -2.28. The lowest BCUT2D eigenvalue weighted by molar-refractivity contribution is 0.540. The highest BCUT2D eigenvalue weighted by Crippen LogP contribution is 2.49. The molecule has 0 spiro atoms. The van der Waals surface area contributed by atoms with Crippen molar-refractivity contribution in [2.75, 3.05) is 0 Å². The van der Waals surface area contributed by atoms with Crippen molar-refractivity contribution >= 4 is 56.4 Å². The molecule has 0 heterocycles. The van der Waals surface area contributed by atoms with Gasteiger partial charge in [-0.1, -0.05) is 97.4 Å². The van der Waals surface area contributed by atoms with Crippen molar-refractivity contribution in [1.29, 1.82) is 0 Å². The monoisotopic (exact) mass is 308 g/mol. The topological polar surface area (TPSA) is 0 Å². The van der Waals surface area contributed by atoms with Gasteiger partial charge in [0.05, 0.1) is 5.25 Å². The summed E-state index contributed by atoms with van der Waals surface area (Å²) in [6.07, 6.45) is 1.02. The SMILES string of the molecule is CCC(C)[C@H](SSC(C)(C)C)C(Cl)(Cl)Cl. The van der Waals surface area contributed by atoms with Gasteiger partial charge in [-0.3, -0.25) is 0 Å². The lowest BCUT2D eigenvalue weighted by Gasteiger charge is -2.30. The van der Waals surface area contributed by atoms with Gasteiger partial charge < -0.3 is 0 Å². The maximum Gasteiger partial charge on any atom is 0.203 e. The van der Waals surface area contributed by atoms with E-state index in [2.05, 4.69) is 34.6 Å². The minimum atomic E-state index is -1.18. The largest absolute Gasteiger partial charge is 0.203 e. The van der Waals surface area contributed by atoms with Gasteiger partial charge in [-0.2, -0.15) is 0 Å². The number of hydrogen-bond acceptors (Lipinski definition) is 2. The van der Waals surface area contributed by atoms with E-state index in [-0.39, 0.29) is 10.00 Å². The van der Waals surface area contributed by atoms with Crippen molar-refractivity contribution in [1.82, 2.24) is 0 Å². The molecule has 0 amide bonds. The third-order valence-corrected chi connectivity index (χ3v) is 7.01. The van der Waals surface area contributed by atoms with Gasteiger partial charge >= 0.3 is 0 Å². The fourth-order valence-corrected chi connectivity index (χ4v) is 5.47. The lowest BCUT2D eigenvalue weighted by atomic mass is 10.1. The first kappa shape index (κ1) is 16.6. The van der Waals surface area contributed by atoms with Crippen LogP contribution < -0.4 is 0 Å². The zero-order valence-corrected chi connectivity index (χ0v) is 13.7. The summed E-state index contributed by atoms with van der Waals surface area (Å²) >= 11 is 18.0. The standard InChI is InChI=1S/C10H19Cl3S2/c1-6-7(2)8(10(11,12)13)14-15-9(3,4)5/h7-8H,6H2,1-5H3/t7?,8-/m0/s1. The Morgan fingerprint density at radius 3 is 1.87 bits per heavy atom. The zero-order valence-electron chi connectivity index (χ0n) is 9.81. The first-order chi connectivity index (χ1) is 6.58. The van der Waals surface area contributed by atoms with E-state index in [0.717, 1.165) is 6.42 Å². The van der Waals surface area contributed by atoms with Crippen LogP contribution in [0.15, 0.2) is 0 Å². The third-order valence-electron chi connectivity index (χ3n) is 1.89. The van der Waals surface area contributed by atoms with Crippen LogP contribution in [0.25, 0.3) is 0 Å². The van der Waals surface area contributed by atoms with Gasteiger partial charge in [0.25, 0.3) is 0 Å². The predicted molar refractivity (Wildman–Crippen MR) is 78.5 cm³/mol. The average Bonchev–Trinajstić information content (AvgIpc) is 1.99. The van der Waals surface area contributed by atoms with E-state index in [9.17, 15) is 0 Å². The Hall–Kier alpha value is 1.57. The fraction of sp³-hybridized carbons (Fsp3) is 1.00. The molecule has 0 aromatic rings. The van der Waals surface area contributed by atoms with Gasteiger partial charge in [-0.05, 0) is 5.92 Å². The molecule has 0 saturated heterocycles. The van der Waals surface area contributed by atoms with E-state index in [1.807, 2.05) is 0 Å². The Labute approximate surface area is 117 Å². The predicted octanol–water partition coefficient (Wildman–Crippen LogP) is 5.95. The molecule has 0 bridgehead atoms. The molecule has 0 nitrogen and oxygen atoms in total. The van der Waals surface area contributed by atoms with E-state index in [1.165, 1.54) is 0 Å². The van der Waals surface area contributed by atoms with E-state index >= 15 is 0 Å². The normalized spacial score (nSPS) is 17.6. The van der Waals surface area contributed by atoms with Gasteiger partial charge in [0.1, 0.15) is 0 Å². The summed E-state index contributed by atoms with van der Waals surface area (Å²) in [6.45, 7) is 10.7. The molecule has 0 fully saturated rings. The molecule has 0 aromatic heterocycles. The van der Waals surface area contributed by atoms with Crippen molar-refractivity contribution in [3.8, 4) is 0 Å². The Morgan fingerprint density at radius 2 is 1.60 bits per heavy atom. The number of rotatable bonds is 4. The zero-order chi connectivity index (χ0) is 12.3. The Kier molecular flexibility index (Phi) is 7.17. The fourth-order valence-electron chi connectivity index (χ4n) is 0.882. The van der Waals surface area contributed by atoms with Crippen LogP contribution in [0, 0.1) is 5.92 Å². The van der Waals surface area contributed by atoms with Crippen LogP contribution in [-0.2, 0) is 0 Å². The van der Waals surface area contributed by atoms with Crippen LogP contribution in [0.3, 0.4) is 0 Å². The smallest absolute Gasteiger partial charge is 0.0877 e. The molecule has 92 valence electrons. The second-order valence-electron chi connectivity index (χ2n) is 4.64. The van der Waals surface area contributed by atoms with Gasteiger partial charge in [0.2, 0.25) is 3.79 Å². The number of hydrogen-bond donors (Lipinski definition) is 0. The van der Waals surface area contributed by atoms with Crippen LogP contribution in [0.5, 0.6) is 0 Å².